The van der Waals surface area contributed by atoms with E-state index < -0.39 is 0 Å². The standard InChI is InChI=1S/C7H6ClN5OS/c8-7-13-12-6(15-7)5(14)11-3-4-9-1-2-10-4/h1-2H,3H2,(H,9,10)(H,11,14). The maximum atomic E-state index is 11.4. The molecule has 2 aromatic rings. The number of amides is 1. The van der Waals surface area contributed by atoms with E-state index in [9.17, 15) is 4.79 Å². The predicted molar refractivity (Wildman–Crippen MR) is 54.7 cm³/mol. The summed E-state index contributed by atoms with van der Waals surface area (Å²) in [6.07, 6.45) is 3.30. The van der Waals surface area contributed by atoms with Gasteiger partial charge >= 0.3 is 0 Å². The van der Waals surface area contributed by atoms with Crippen LogP contribution >= 0.6 is 22.9 Å². The maximum Gasteiger partial charge on any atom is 0.282 e. The third-order valence-corrected chi connectivity index (χ3v) is 2.58. The third kappa shape index (κ3) is 2.51. The number of rotatable bonds is 3. The van der Waals surface area contributed by atoms with E-state index >= 15 is 0 Å². The monoisotopic (exact) mass is 243 g/mol. The molecule has 1 amide bonds. The SMILES string of the molecule is O=C(NCc1ncc[nH]1)c1nnc(Cl)s1. The Morgan fingerprint density at radius 3 is 3.07 bits per heavy atom. The van der Waals surface area contributed by atoms with Gasteiger partial charge in [-0.25, -0.2) is 4.98 Å². The molecule has 0 saturated carbocycles. The van der Waals surface area contributed by atoms with Gasteiger partial charge in [-0.15, -0.1) is 10.2 Å². The maximum absolute atomic E-state index is 11.4. The first kappa shape index (κ1) is 10.1. The summed E-state index contributed by atoms with van der Waals surface area (Å²) in [5.74, 6) is 0.370. The summed E-state index contributed by atoms with van der Waals surface area (Å²) in [7, 11) is 0. The van der Waals surface area contributed by atoms with Gasteiger partial charge in [0.05, 0.1) is 6.54 Å². The normalized spacial score (nSPS) is 10.2. The predicted octanol–water partition coefficient (Wildman–Crippen LogP) is 0.845. The molecule has 0 radical (unpaired) electrons. The van der Waals surface area contributed by atoms with E-state index in [4.69, 9.17) is 11.6 Å². The van der Waals surface area contributed by atoms with Crippen molar-refractivity contribution < 1.29 is 4.79 Å². The van der Waals surface area contributed by atoms with Crippen molar-refractivity contribution in [2.45, 2.75) is 6.54 Å². The minimum Gasteiger partial charge on any atom is -0.347 e. The second-order valence-electron chi connectivity index (χ2n) is 2.58. The molecule has 0 atom stereocenters. The zero-order valence-electron chi connectivity index (χ0n) is 7.40. The highest BCUT2D eigenvalue weighted by Crippen LogP contribution is 2.14. The molecule has 0 fully saturated rings. The molecule has 6 nitrogen and oxygen atoms in total. The number of carbonyl (C=O) groups excluding carboxylic acids is 1. The molecule has 0 aliphatic heterocycles. The summed E-state index contributed by atoms with van der Waals surface area (Å²) < 4.78 is 0.248. The van der Waals surface area contributed by atoms with E-state index in [2.05, 4.69) is 25.5 Å². The number of aromatic nitrogens is 4. The van der Waals surface area contributed by atoms with Gasteiger partial charge in [0, 0.05) is 12.4 Å². The van der Waals surface area contributed by atoms with Crippen molar-refractivity contribution in [2.75, 3.05) is 0 Å². The molecule has 78 valence electrons. The van der Waals surface area contributed by atoms with Crippen molar-refractivity contribution in [3.8, 4) is 0 Å². The van der Waals surface area contributed by atoms with Crippen LogP contribution in [-0.2, 0) is 6.54 Å². The Kier molecular flexibility index (Phi) is 2.93. The Morgan fingerprint density at radius 2 is 2.47 bits per heavy atom. The van der Waals surface area contributed by atoms with Gasteiger partial charge in [-0.05, 0) is 11.6 Å². The molecular formula is C7H6ClN5OS. The smallest absolute Gasteiger partial charge is 0.282 e. The molecule has 2 aromatic heterocycles. The number of nitrogens with zero attached hydrogens (tertiary/aromatic N) is 3. The molecule has 0 bridgehead atoms. The average molecular weight is 244 g/mol. The summed E-state index contributed by atoms with van der Waals surface area (Å²) in [6.45, 7) is 0.322. The number of hydrogen-bond acceptors (Lipinski definition) is 5. The average Bonchev–Trinajstić information content (AvgIpc) is 2.84. The van der Waals surface area contributed by atoms with E-state index in [1.165, 1.54) is 0 Å². The van der Waals surface area contributed by atoms with Crippen molar-refractivity contribution in [2.24, 2.45) is 0 Å². The fraction of sp³-hybridized carbons (Fsp3) is 0.143. The van der Waals surface area contributed by atoms with Crippen LogP contribution in [0.25, 0.3) is 0 Å². The second-order valence-corrected chi connectivity index (χ2v) is 4.14. The lowest BCUT2D eigenvalue weighted by Gasteiger charge is -1.98. The fourth-order valence-corrected chi connectivity index (χ4v) is 1.68. The van der Waals surface area contributed by atoms with Gasteiger partial charge in [0.25, 0.3) is 5.91 Å². The molecule has 8 heteroatoms. The lowest BCUT2D eigenvalue weighted by molar-refractivity contribution is 0.0949. The quantitative estimate of drug-likeness (QED) is 0.837. The van der Waals surface area contributed by atoms with E-state index in [1.54, 1.807) is 12.4 Å². The fourth-order valence-electron chi connectivity index (χ4n) is 0.931. The Labute approximate surface area is 93.7 Å². The van der Waals surface area contributed by atoms with Crippen LogP contribution in [0.5, 0.6) is 0 Å². The summed E-state index contributed by atoms with van der Waals surface area (Å²) in [5.41, 5.74) is 0. The van der Waals surface area contributed by atoms with Crippen molar-refractivity contribution in [3.63, 3.8) is 0 Å². The number of halogens is 1. The zero-order chi connectivity index (χ0) is 10.7. The summed E-state index contributed by atoms with van der Waals surface area (Å²) >= 11 is 6.58. The van der Waals surface area contributed by atoms with Gasteiger partial charge in [0.2, 0.25) is 9.47 Å². The molecule has 0 aliphatic carbocycles. The molecule has 2 rings (SSSR count). The molecule has 2 N–H and O–H groups in total. The highest BCUT2D eigenvalue weighted by molar-refractivity contribution is 7.17. The topological polar surface area (TPSA) is 83.6 Å². The van der Waals surface area contributed by atoms with Crippen molar-refractivity contribution in [1.29, 1.82) is 0 Å². The molecule has 2 heterocycles. The van der Waals surface area contributed by atoms with Crippen molar-refractivity contribution >= 4 is 28.8 Å². The first-order valence-electron chi connectivity index (χ1n) is 4.01. The van der Waals surface area contributed by atoms with Gasteiger partial charge in [-0.3, -0.25) is 4.79 Å². The Balaban J connectivity index is 1.93. The van der Waals surface area contributed by atoms with Crippen LogP contribution in [0.2, 0.25) is 4.47 Å². The minimum atomic E-state index is -0.309. The summed E-state index contributed by atoms with van der Waals surface area (Å²) in [5, 5.41) is 10.0. The second kappa shape index (κ2) is 4.37. The van der Waals surface area contributed by atoms with Crippen LogP contribution in [-0.4, -0.2) is 26.1 Å². The van der Waals surface area contributed by atoms with E-state index in [-0.39, 0.29) is 15.4 Å². The van der Waals surface area contributed by atoms with Gasteiger partial charge in [0.1, 0.15) is 5.82 Å². The number of imidazole rings is 1. The lowest BCUT2D eigenvalue weighted by Crippen LogP contribution is -2.23. The summed E-state index contributed by atoms with van der Waals surface area (Å²) in [6, 6.07) is 0. The van der Waals surface area contributed by atoms with Gasteiger partial charge < -0.3 is 10.3 Å². The van der Waals surface area contributed by atoms with Crippen LogP contribution in [0.1, 0.15) is 15.6 Å². The van der Waals surface area contributed by atoms with Crippen molar-refractivity contribution in [1.82, 2.24) is 25.5 Å². The van der Waals surface area contributed by atoms with Crippen LogP contribution in [0.4, 0.5) is 0 Å². The zero-order valence-corrected chi connectivity index (χ0v) is 8.97. The molecule has 0 unspecified atom stereocenters. The molecule has 0 aliphatic rings. The highest BCUT2D eigenvalue weighted by atomic mass is 35.5. The van der Waals surface area contributed by atoms with Gasteiger partial charge in [0.15, 0.2) is 0 Å². The van der Waals surface area contributed by atoms with Crippen LogP contribution in [0, 0.1) is 0 Å². The van der Waals surface area contributed by atoms with Crippen LogP contribution < -0.4 is 5.32 Å². The highest BCUT2D eigenvalue weighted by Gasteiger charge is 2.11. The van der Waals surface area contributed by atoms with Crippen LogP contribution in [0.3, 0.4) is 0 Å². The molecule has 15 heavy (non-hydrogen) atoms. The van der Waals surface area contributed by atoms with E-state index in [1.807, 2.05) is 0 Å². The number of H-pyrrole nitrogens is 1. The molecule has 0 spiro atoms. The number of nitrogens with one attached hydrogen (secondary N) is 2. The van der Waals surface area contributed by atoms with Crippen LogP contribution in [0.15, 0.2) is 12.4 Å². The number of aromatic amines is 1. The first-order valence-corrected chi connectivity index (χ1v) is 5.20. The molecule has 0 saturated heterocycles. The van der Waals surface area contributed by atoms with Crippen molar-refractivity contribution in [3.05, 3.63) is 27.7 Å². The van der Waals surface area contributed by atoms with E-state index in [0.29, 0.717) is 12.4 Å². The Morgan fingerprint density at radius 1 is 1.60 bits per heavy atom. The molecule has 0 aromatic carbocycles. The first-order chi connectivity index (χ1) is 7.25. The number of carbonyl (C=O) groups is 1. The molecular weight excluding hydrogens is 238 g/mol. The van der Waals surface area contributed by atoms with Gasteiger partial charge in [-0.2, -0.15) is 0 Å². The van der Waals surface area contributed by atoms with E-state index in [0.717, 1.165) is 11.3 Å². The Hall–Kier alpha value is -1.47. The number of hydrogen-bond donors (Lipinski definition) is 2. The van der Waals surface area contributed by atoms with Gasteiger partial charge in [-0.1, -0.05) is 11.3 Å². The Bertz CT molecular complexity index is 454. The summed E-state index contributed by atoms with van der Waals surface area (Å²) in [4.78, 5) is 18.3. The lowest BCUT2D eigenvalue weighted by atomic mass is 10.5. The third-order valence-electron chi connectivity index (χ3n) is 1.57. The largest absolute Gasteiger partial charge is 0.347 e. The minimum absolute atomic E-state index is 0.242.